The van der Waals surface area contributed by atoms with Crippen molar-refractivity contribution in [3.8, 4) is 11.5 Å². The highest BCUT2D eigenvalue weighted by molar-refractivity contribution is 9.10. The predicted molar refractivity (Wildman–Crippen MR) is 79.8 cm³/mol. The van der Waals surface area contributed by atoms with Crippen molar-refractivity contribution in [3.05, 3.63) is 22.2 Å². The Bertz CT molecular complexity index is 604. The van der Waals surface area contributed by atoms with Gasteiger partial charge in [-0.15, -0.1) is 0 Å². The van der Waals surface area contributed by atoms with Gasteiger partial charge in [-0.2, -0.15) is 0 Å². The van der Waals surface area contributed by atoms with Crippen LogP contribution in [0.1, 0.15) is 30.7 Å². The molecule has 0 amide bonds. The molecule has 1 heterocycles. The Morgan fingerprint density at radius 1 is 1.50 bits per heavy atom. The topological polar surface area (TPSA) is 85.2 Å². The lowest BCUT2D eigenvalue weighted by Crippen LogP contribution is -2.48. The molecule has 3 atom stereocenters. The number of carbonyl (C=O) groups is 1. The standard InChI is InChI=1S/C15H17BrO6/c1-20-14(18)15(19,7-17)22-12-6-8(16)5-10-9-3-2-4-11(9)21-13(10)12/h5-6,9,11,17,19H,2-4,7H2,1H3/t9?,11?,15-/m0/s1. The molecule has 1 aliphatic heterocycles. The molecule has 1 saturated carbocycles. The maximum atomic E-state index is 11.6. The summed E-state index contributed by atoms with van der Waals surface area (Å²) in [5.41, 5.74) is 0.997. The van der Waals surface area contributed by atoms with E-state index >= 15 is 0 Å². The van der Waals surface area contributed by atoms with Gasteiger partial charge in [0.05, 0.1) is 7.11 Å². The minimum absolute atomic E-state index is 0.104. The average molecular weight is 373 g/mol. The number of methoxy groups -OCH3 is 1. The van der Waals surface area contributed by atoms with Crippen LogP contribution in [0.25, 0.3) is 0 Å². The Labute approximate surface area is 136 Å². The fraction of sp³-hybridized carbons (Fsp3) is 0.533. The first kappa shape index (κ1) is 15.6. The number of ether oxygens (including phenoxy) is 3. The number of aliphatic hydroxyl groups excluding tert-OH is 1. The summed E-state index contributed by atoms with van der Waals surface area (Å²) in [6.07, 6.45) is 3.22. The monoisotopic (exact) mass is 372 g/mol. The van der Waals surface area contributed by atoms with E-state index < -0.39 is 18.4 Å². The molecule has 0 radical (unpaired) electrons. The Kier molecular flexibility index (Phi) is 4.05. The molecular weight excluding hydrogens is 356 g/mol. The molecule has 2 aliphatic rings. The van der Waals surface area contributed by atoms with Crippen molar-refractivity contribution >= 4 is 21.9 Å². The third-order valence-electron chi connectivity index (χ3n) is 4.17. The molecule has 7 heteroatoms. The summed E-state index contributed by atoms with van der Waals surface area (Å²) in [5, 5.41) is 19.4. The largest absolute Gasteiger partial charge is 0.486 e. The third-order valence-corrected chi connectivity index (χ3v) is 4.62. The number of carbonyl (C=O) groups excluding carboxylic acids is 1. The molecule has 2 unspecified atom stereocenters. The number of fused-ring (bicyclic) bond motifs is 3. The SMILES string of the molecule is COC(=O)[C@](O)(CO)Oc1cc(Br)cc2c1OC1CCCC21. The molecule has 1 fully saturated rings. The number of hydrogen-bond acceptors (Lipinski definition) is 6. The van der Waals surface area contributed by atoms with Crippen LogP contribution in [0.4, 0.5) is 0 Å². The molecule has 3 rings (SSSR count). The second kappa shape index (κ2) is 5.72. The van der Waals surface area contributed by atoms with Crippen LogP contribution >= 0.6 is 15.9 Å². The van der Waals surface area contributed by atoms with Gasteiger partial charge in [0.2, 0.25) is 0 Å². The molecular formula is C15H17BrO6. The average Bonchev–Trinajstić information content (AvgIpc) is 3.08. The number of benzene rings is 1. The Morgan fingerprint density at radius 2 is 2.27 bits per heavy atom. The smallest absolute Gasteiger partial charge is 0.381 e. The summed E-state index contributed by atoms with van der Waals surface area (Å²) in [6, 6.07) is 3.57. The summed E-state index contributed by atoms with van der Waals surface area (Å²) in [4.78, 5) is 11.6. The summed E-state index contributed by atoms with van der Waals surface area (Å²) in [7, 11) is 1.11. The van der Waals surface area contributed by atoms with Crippen molar-refractivity contribution in [2.45, 2.75) is 37.1 Å². The van der Waals surface area contributed by atoms with E-state index in [1.54, 1.807) is 6.07 Å². The van der Waals surface area contributed by atoms with Gasteiger partial charge in [0, 0.05) is 16.0 Å². The number of esters is 1. The zero-order valence-corrected chi connectivity index (χ0v) is 13.6. The molecule has 1 aromatic rings. The van der Waals surface area contributed by atoms with Gasteiger partial charge >= 0.3 is 11.8 Å². The Balaban J connectivity index is 1.97. The minimum Gasteiger partial charge on any atom is -0.486 e. The number of halogens is 1. The second-order valence-electron chi connectivity index (χ2n) is 5.55. The van der Waals surface area contributed by atoms with Gasteiger partial charge in [-0.1, -0.05) is 15.9 Å². The van der Waals surface area contributed by atoms with Crippen LogP contribution in [0.5, 0.6) is 11.5 Å². The van der Waals surface area contributed by atoms with Crippen LogP contribution in [0.15, 0.2) is 16.6 Å². The molecule has 22 heavy (non-hydrogen) atoms. The first-order valence-corrected chi connectivity index (χ1v) is 7.88. The summed E-state index contributed by atoms with van der Waals surface area (Å²) >= 11 is 3.40. The first-order valence-electron chi connectivity index (χ1n) is 7.09. The van der Waals surface area contributed by atoms with Gasteiger partial charge < -0.3 is 24.4 Å². The van der Waals surface area contributed by atoms with Gasteiger partial charge in [0.1, 0.15) is 12.7 Å². The van der Waals surface area contributed by atoms with Crippen LogP contribution in [0, 0.1) is 0 Å². The normalized spacial score (nSPS) is 24.9. The van der Waals surface area contributed by atoms with Crippen molar-refractivity contribution in [1.82, 2.24) is 0 Å². The highest BCUT2D eigenvalue weighted by Crippen LogP contribution is 2.52. The summed E-state index contributed by atoms with van der Waals surface area (Å²) < 4.78 is 16.5. The van der Waals surface area contributed by atoms with E-state index in [4.69, 9.17) is 9.47 Å². The molecule has 6 nitrogen and oxygen atoms in total. The van der Waals surface area contributed by atoms with E-state index in [0.29, 0.717) is 11.7 Å². The van der Waals surface area contributed by atoms with Crippen LogP contribution in [0.3, 0.4) is 0 Å². The highest BCUT2D eigenvalue weighted by atomic mass is 79.9. The van der Waals surface area contributed by atoms with Crippen molar-refractivity contribution in [2.75, 3.05) is 13.7 Å². The summed E-state index contributed by atoms with van der Waals surface area (Å²) in [6.45, 7) is -0.923. The van der Waals surface area contributed by atoms with Gasteiger partial charge in [-0.25, -0.2) is 4.79 Å². The molecule has 1 aliphatic carbocycles. The van der Waals surface area contributed by atoms with Gasteiger partial charge in [-0.05, 0) is 31.4 Å². The van der Waals surface area contributed by atoms with E-state index in [0.717, 1.165) is 36.4 Å². The quantitative estimate of drug-likeness (QED) is 0.618. The maximum absolute atomic E-state index is 11.6. The maximum Gasteiger partial charge on any atom is 0.381 e. The minimum atomic E-state index is -2.45. The summed E-state index contributed by atoms with van der Waals surface area (Å²) in [5.74, 6) is -2.49. The molecule has 0 bridgehead atoms. The van der Waals surface area contributed by atoms with Crippen molar-refractivity contribution in [2.24, 2.45) is 0 Å². The third kappa shape index (κ3) is 2.47. The lowest BCUT2D eigenvalue weighted by Gasteiger charge is -2.25. The Morgan fingerprint density at radius 3 is 2.95 bits per heavy atom. The van der Waals surface area contributed by atoms with Crippen LogP contribution in [-0.4, -0.2) is 41.8 Å². The molecule has 1 aromatic carbocycles. The van der Waals surface area contributed by atoms with E-state index in [-0.39, 0.29) is 11.9 Å². The van der Waals surface area contributed by atoms with Crippen molar-refractivity contribution < 1.29 is 29.2 Å². The second-order valence-corrected chi connectivity index (χ2v) is 6.47. The lowest BCUT2D eigenvalue weighted by molar-refractivity contribution is -0.207. The van der Waals surface area contributed by atoms with E-state index in [1.807, 2.05) is 6.07 Å². The molecule has 2 N–H and O–H groups in total. The van der Waals surface area contributed by atoms with Gasteiger partial charge in [0.25, 0.3) is 0 Å². The zero-order valence-electron chi connectivity index (χ0n) is 12.0. The van der Waals surface area contributed by atoms with Crippen molar-refractivity contribution in [3.63, 3.8) is 0 Å². The van der Waals surface area contributed by atoms with Gasteiger partial charge in [-0.3, -0.25) is 0 Å². The fourth-order valence-corrected chi connectivity index (χ4v) is 3.57. The van der Waals surface area contributed by atoms with Gasteiger partial charge in [0.15, 0.2) is 11.5 Å². The molecule has 0 aromatic heterocycles. The van der Waals surface area contributed by atoms with E-state index in [9.17, 15) is 15.0 Å². The zero-order chi connectivity index (χ0) is 15.9. The molecule has 0 spiro atoms. The molecule has 120 valence electrons. The van der Waals surface area contributed by atoms with E-state index in [2.05, 4.69) is 20.7 Å². The highest BCUT2D eigenvalue weighted by Gasteiger charge is 2.44. The van der Waals surface area contributed by atoms with Crippen LogP contribution in [-0.2, 0) is 9.53 Å². The number of hydrogen-bond donors (Lipinski definition) is 2. The first-order chi connectivity index (χ1) is 10.5. The predicted octanol–water partition coefficient (Wildman–Crippen LogP) is 1.71. The molecule has 0 saturated heterocycles. The lowest BCUT2D eigenvalue weighted by atomic mass is 9.97. The Hall–Kier alpha value is -1.31. The van der Waals surface area contributed by atoms with Crippen molar-refractivity contribution in [1.29, 1.82) is 0 Å². The van der Waals surface area contributed by atoms with Crippen LogP contribution < -0.4 is 9.47 Å². The fourth-order valence-electron chi connectivity index (χ4n) is 3.12. The number of aliphatic hydroxyl groups is 2. The van der Waals surface area contributed by atoms with E-state index in [1.165, 1.54) is 0 Å². The van der Waals surface area contributed by atoms with Crippen LogP contribution in [0.2, 0.25) is 0 Å². The number of rotatable bonds is 4.